The van der Waals surface area contributed by atoms with Crippen LogP contribution >= 0.6 is 0 Å². The minimum Gasteiger partial charge on any atom is -0.462 e. The Kier molecular flexibility index (Phi) is 20.2. The second-order valence-electron chi connectivity index (χ2n) is 9.83. The molecule has 0 N–H and O–H groups in total. The zero-order valence-electron chi connectivity index (χ0n) is 22.8. The molecule has 0 saturated carbocycles. The summed E-state index contributed by atoms with van der Waals surface area (Å²) >= 11 is 0. The largest absolute Gasteiger partial charge is 0.462 e. The lowest BCUT2D eigenvalue weighted by Gasteiger charge is -2.10. The number of esters is 2. The van der Waals surface area contributed by atoms with E-state index >= 15 is 0 Å². The van der Waals surface area contributed by atoms with Gasteiger partial charge in [0, 0.05) is 0 Å². The number of unbranched alkanes of at least 4 members (excludes halogenated alkanes) is 17. The summed E-state index contributed by atoms with van der Waals surface area (Å²) in [6, 6.07) is 6.81. The number of carbonyl (C=O) groups excluding carboxylic acids is 2. The Balaban J connectivity index is 2.15. The van der Waals surface area contributed by atoms with Gasteiger partial charge in [-0.2, -0.15) is 0 Å². The van der Waals surface area contributed by atoms with Gasteiger partial charge in [-0.15, -0.1) is 0 Å². The second-order valence-corrected chi connectivity index (χ2v) is 9.83. The minimum atomic E-state index is -0.436. The fourth-order valence-electron chi connectivity index (χ4n) is 4.33. The number of hydrogen-bond donors (Lipinski definition) is 0. The van der Waals surface area contributed by atoms with E-state index in [4.69, 9.17) is 9.47 Å². The molecule has 1 aromatic rings. The molecular weight excluding hydrogens is 436 g/mol. The number of rotatable bonds is 23. The van der Waals surface area contributed by atoms with E-state index < -0.39 is 11.9 Å². The topological polar surface area (TPSA) is 52.6 Å². The molecule has 0 radical (unpaired) electrons. The van der Waals surface area contributed by atoms with Gasteiger partial charge in [-0.1, -0.05) is 135 Å². The summed E-state index contributed by atoms with van der Waals surface area (Å²) in [5, 5.41) is 0. The lowest BCUT2D eigenvalue weighted by molar-refractivity contribution is 0.0450. The highest BCUT2D eigenvalue weighted by atomic mass is 16.5. The Morgan fingerprint density at radius 1 is 0.486 bits per heavy atom. The summed E-state index contributed by atoms with van der Waals surface area (Å²) in [4.78, 5) is 25.0. The highest BCUT2D eigenvalue weighted by Gasteiger charge is 2.18. The van der Waals surface area contributed by atoms with E-state index in [-0.39, 0.29) is 0 Å². The van der Waals surface area contributed by atoms with Crippen molar-refractivity contribution in [1.29, 1.82) is 0 Å². The normalized spacial score (nSPS) is 10.9. The van der Waals surface area contributed by atoms with Gasteiger partial charge < -0.3 is 9.47 Å². The molecular formula is C31H52O4. The lowest BCUT2D eigenvalue weighted by Crippen LogP contribution is -2.15. The van der Waals surface area contributed by atoms with E-state index in [0.717, 1.165) is 25.7 Å². The first kappa shape index (κ1) is 31.2. The summed E-state index contributed by atoms with van der Waals surface area (Å²) in [5.41, 5.74) is 0.603. The number of ether oxygens (including phenoxy) is 2. The van der Waals surface area contributed by atoms with E-state index in [1.807, 2.05) is 0 Å². The molecule has 0 amide bonds. The molecule has 0 aromatic heterocycles. The van der Waals surface area contributed by atoms with Crippen LogP contribution in [-0.2, 0) is 9.47 Å². The maximum absolute atomic E-state index is 12.5. The Labute approximate surface area is 215 Å². The Bertz CT molecular complexity index is 655. The molecule has 0 fully saturated rings. The average Bonchev–Trinajstić information content (AvgIpc) is 2.88. The van der Waals surface area contributed by atoms with Gasteiger partial charge in [0.15, 0.2) is 0 Å². The number of benzene rings is 1. The van der Waals surface area contributed by atoms with E-state index in [0.29, 0.717) is 24.3 Å². The predicted octanol–water partition coefficient (Wildman–Crippen LogP) is 9.45. The van der Waals surface area contributed by atoms with Crippen molar-refractivity contribution in [2.75, 3.05) is 13.2 Å². The second kappa shape index (κ2) is 22.6. The Hall–Kier alpha value is -1.84. The molecule has 4 nitrogen and oxygen atoms in total. The van der Waals surface area contributed by atoms with Gasteiger partial charge in [0.1, 0.15) is 0 Å². The summed E-state index contributed by atoms with van der Waals surface area (Å²) in [6.07, 6.45) is 23.4. The molecule has 0 spiro atoms. The average molecular weight is 489 g/mol. The van der Waals surface area contributed by atoms with Crippen molar-refractivity contribution in [2.45, 2.75) is 136 Å². The highest BCUT2D eigenvalue weighted by molar-refractivity contribution is 6.03. The van der Waals surface area contributed by atoms with E-state index in [9.17, 15) is 9.59 Å². The van der Waals surface area contributed by atoms with E-state index in [1.165, 1.54) is 96.3 Å². The van der Waals surface area contributed by atoms with E-state index in [2.05, 4.69) is 13.8 Å². The summed E-state index contributed by atoms with van der Waals surface area (Å²) < 4.78 is 10.9. The maximum Gasteiger partial charge on any atom is 0.339 e. The molecule has 4 heteroatoms. The monoisotopic (exact) mass is 488 g/mol. The first-order chi connectivity index (χ1) is 17.2. The molecule has 0 saturated heterocycles. The van der Waals surface area contributed by atoms with Gasteiger partial charge >= 0.3 is 11.9 Å². The smallest absolute Gasteiger partial charge is 0.339 e. The van der Waals surface area contributed by atoms with Crippen LogP contribution in [0.25, 0.3) is 0 Å². The summed E-state index contributed by atoms with van der Waals surface area (Å²) in [7, 11) is 0. The van der Waals surface area contributed by atoms with Gasteiger partial charge in [-0.25, -0.2) is 9.59 Å². The first-order valence-electron chi connectivity index (χ1n) is 14.6. The van der Waals surface area contributed by atoms with Crippen LogP contribution in [0.2, 0.25) is 0 Å². The van der Waals surface area contributed by atoms with Gasteiger partial charge in [0.25, 0.3) is 0 Å². The standard InChI is InChI=1S/C31H52O4/c1-3-5-7-9-11-12-13-14-15-17-19-23-27-35-31(33)29-25-21-20-24-28(29)30(32)34-26-22-18-16-10-8-6-4-2/h20-21,24-25H,3-19,22-23,26-27H2,1-2H3. The van der Waals surface area contributed by atoms with Crippen LogP contribution < -0.4 is 0 Å². The van der Waals surface area contributed by atoms with Crippen LogP contribution in [0.15, 0.2) is 24.3 Å². The van der Waals surface area contributed by atoms with Crippen molar-refractivity contribution in [3.63, 3.8) is 0 Å². The molecule has 1 aromatic carbocycles. The zero-order valence-corrected chi connectivity index (χ0v) is 22.8. The molecule has 200 valence electrons. The molecule has 0 bridgehead atoms. The summed E-state index contributed by atoms with van der Waals surface area (Å²) in [5.74, 6) is -0.870. The molecule has 0 aliphatic heterocycles. The Morgan fingerprint density at radius 3 is 1.09 bits per heavy atom. The Morgan fingerprint density at radius 2 is 0.771 bits per heavy atom. The third-order valence-electron chi connectivity index (χ3n) is 6.58. The van der Waals surface area contributed by atoms with E-state index in [1.54, 1.807) is 24.3 Å². The van der Waals surface area contributed by atoms with Crippen molar-refractivity contribution in [1.82, 2.24) is 0 Å². The van der Waals surface area contributed by atoms with Crippen LogP contribution in [0.4, 0.5) is 0 Å². The maximum atomic E-state index is 12.5. The molecule has 35 heavy (non-hydrogen) atoms. The molecule has 0 aliphatic carbocycles. The third kappa shape index (κ3) is 16.5. The lowest BCUT2D eigenvalue weighted by atomic mass is 10.1. The summed E-state index contributed by atoms with van der Waals surface area (Å²) in [6.45, 7) is 5.27. The highest BCUT2D eigenvalue weighted by Crippen LogP contribution is 2.15. The van der Waals surface area contributed by atoms with Gasteiger partial charge in [0.2, 0.25) is 0 Å². The molecule has 0 heterocycles. The van der Waals surface area contributed by atoms with Gasteiger partial charge in [0.05, 0.1) is 24.3 Å². The fraction of sp³-hybridized carbons (Fsp3) is 0.742. The molecule has 0 aliphatic rings. The predicted molar refractivity (Wildman–Crippen MR) is 146 cm³/mol. The molecule has 0 atom stereocenters. The van der Waals surface area contributed by atoms with Crippen LogP contribution in [-0.4, -0.2) is 25.2 Å². The van der Waals surface area contributed by atoms with Gasteiger partial charge in [-0.05, 0) is 25.0 Å². The van der Waals surface area contributed by atoms with Crippen molar-refractivity contribution in [2.24, 2.45) is 0 Å². The number of hydrogen-bond acceptors (Lipinski definition) is 4. The van der Waals surface area contributed by atoms with Crippen molar-refractivity contribution in [3.05, 3.63) is 35.4 Å². The molecule has 0 unspecified atom stereocenters. The van der Waals surface area contributed by atoms with Crippen LogP contribution in [0.3, 0.4) is 0 Å². The third-order valence-corrected chi connectivity index (χ3v) is 6.58. The number of carbonyl (C=O) groups is 2. The SMILES string of the molecule is CCCCCCCCCCCCCCOC(=O)c1ccccc1C(=O)OCCCCCCCCC. The van der Waals surface area contributed by atoms with Crippen LogP contribution in [0, 0.1) is 0 Å². The first-order valence-corrected chi connectivity index (χ1v) is 14.6. The van der Waals surface area contributed by atoms with Gasteiger partial charge in [-0.3, -0.25) is 0 Å². The minimum absolute atomic E-state index is 0.301. The zero-order chi connectivity index (χ0) is 25.4. The quantitative estimate of drug-likeness (QED) is 0.114. The van der Waals surface area contributed by atoms with Crippen LogP contribution in [0.1, 0.15) is 157 Å². The molecule has 1 rings (SSSR count). The fourth-order valence-corrected chi connectivity index (χ4v) is 4.33. The van der Waals surface area contributed by atoms with Crippen molar-refractivity contribution < 1.29 is 19.1 Å². The van der Waals surface area contributed by atoms with Crippen molar-refractivity contribution in [3.8, 4) is 0 Å². The van der Waals surface area contributed by atoms with Crippen molar-refractivity contribution >= 4 is 11.9 Å². The van der Waals surface area contributed by atoms with Crippen LogP contribution in [0.5, 0.6) is 0 Å².